The van der Waals surface area contributed by atoms with Gasteiger partial charge in [0.25, 0.3) is 0 Å². The molecule has 1 aromatic carbocycles. The van der Waals surface area contributed by atoms with Gasteiger partial charge in [-0.25, -0.2) is 0 Å². The molecule has 0 amide bonds. The Hall–Kier alpha value is -1.13. The van der Waals surface area contributed by atoms with Crippen LogP contribution in [-0.4, -0.2) is 24.0 Å². The van der Waals surface area contributed by atoms with Crippen LogP contribution in [0.5, 0.6) is 0 Å². The summed E-state index contributed by atoms with van der Waals surface area (Å²) in [6.45, 7) is 5.65. The third kappa shape index (κ3) is 2.35. The van der Waals surface area contributed by atoms with Crippen LogP contribution in [0.1, 0.15) is 19.8 Å². The van der Waals surface area contributed by atoms with Crippen molar-refractivity contribution in [3.63, 3.8) is 0 Å². The Morgan fingerprint density at radius 1 is 1.44 bits per heavy atom. The lowest BCUT2D eigenvalue weighted by Gasteiger charge is -2.34. The first-order chi connectivity index (χ1) is 8.77. The highest BCUT2D eigenvalue weighted by atomic mass is 32.1. The molecular formula is C14H19N3S. The molecule has 1 atom stereocenters. The van der Waals surface area contributed by atoms with Gasteiger partial charge in [0.1, 0.15) is 5.00 Å². The fourth-order valence-electron chi connectivity index (χ4n) is 2.58. The largest absolute Gasteiger partial charge is 0.375 e. The average Bonchev–Trinajstić information content (AvgIpc) is 2.81. The maximum Gasteiger partial charge on any atom is 0.117 e. The Morgan fingerprint density at radius 2 is 2.33 bits per heavy atom. The molecule has 96 valence electrons. The summed E-state index contributed by atoms with van der Waals surface area (Å²) in [6.07, 6.45) is 2.57. The average molecular weight is 261 g/mol. The minimum absolute atomic E-state index is 0.364. The SMILES string of the molecule is CC1(CNc2snc3ccccc23)CCCNC1. The van der Waals surface area contributed by atoms with Gasteiger partial charge in [-0.3, -0.25) is 0 Å². The van der Waals surface area contributed by atoms with Crippen molar-refractivity contribution in [3.05, 3.63) is 24.3 Å². The summed E-state index contributed by atoms with van der Waals surface area (Å²) in [5.41, 5.74) is 1.46. The first-order valence-corrected chi connectivity index (χ1v) is 7.33. The second kappa shape index (κ2) is 4.86. The van der Waals surface area contributed by atoms with Gasteiger partial charge >= 0.3 is 0 Å². The summed E-state index contributed by atoms with van der Waals surface area (Å²) in [5.74, 6) is 0. The minimum Gasteiger partial charge on any atom is -0.375 e. The number of benzene rings is 1. The highest BCUT2D eigenvalue weighted by molar-refractivity contribution is 7.11. The monoisotopic (exact) mass is 261 g/mol. The molecule has 2 aromatic rings. The first-order valence-electron chi connectivity index (χ1n) is 6.56. The second-order valence-electron chi connectivity index (χ2n) is 5.47. The third-order valence-corrected chi connectivity index (χ3v) is 4.58. The standard InChI is InChI=1S/C14H19N3S/c1-14(7-4-8-15-9-14)10-16-13-11-5-2-3-6-12(11)17-18-13/h2-3,5-6,15-16H,4,7-10H2,1H3. The number of nitrogens with one attached hydrogen (secondary N) is 2. The summed E-state index contributed by atoms with van der Waals surface area (Å²) in [7, 11) is 0. The van der Waals surface area contributed by atoms with E-state index >= 15 is 0 Å². The Kier molecular flexibility index (Phi) is 3.22. The van der Waals surface area contributed by atoms with Gasteiger partial charge in [0, 0.05) is 18.5 Å². The molecular weight excluding hydrogens is 242 g/mol. The van der Waals surface area contributed by atoms with Crippen LogP contribution in [0, 0.1) is 5.41 Å². The number of aromatic nitrogens is 1. The zero-order chi connectivity index (χ0) is 12.4. The van der Waals surface area contributed by atoms with Gasteiger partial charge in [-0.05, 0) is 48.5 Å². The van der Waals surface area contributed by atoms with E-state index in [0.29, 0.717) is 5.41 Å². The second-order valence-corrected chi connectivity index (χ2v) is 6.25. The summed E-state index contributed by atoms with van der Waals surface area (Å²) >= 11 is 1.57. The molecule has 3 rings (SSSR count). The van der Waals surface area contributed by atoms with Gasteiger partial charge in [-0.1, -0.05) is 19.1 Å². The van der Waals surface area contributed by atoms with E-state index in [2.05, 4.69) is 40.1 Å². The van der Waals surface area contributed by atoms with Gasteiger partial charge in [0.05, 0.1) is 5.52 Å². The molecule has 2 N–H and O–H groups in total. The van der Waals surface area contributed by atoms with E-state index < -0.39 is 0 Å². The van der Waals surface area contributed by atoms with Crippen molar-refractivity contribution in [3.8, 4) is 0 Å². The molecule has 1 fully saturated rings. The van der Waals surface area contributed by atoms with Crippen molar-refractivity contribution < 1.29 is 0 Å². The summed E-state index contributed by atoms with van der Waals surface area (Å²) in [6, 6.07) is 8.33. The van der Waals surface area contributed by atoms with E-state index in [-0.39, 0.29) is 0 Å². The molecule has 3 nitrogen and oxygen atoms in total. The molecule has 1 saturated heterocycles. The molecule has 0 spiro atoms. The first kappa shape index (κ1) is 11.9. The topological polar surface area (TPSA) is 37.0 Å². The molecule has 0 radical (unpaired) electrons. The lowest BCUT2D eigenvalue weighted by molar-refractivity contribution is 0.253. The normalized spacial score (nSPS) is 24.3. The van der Waals surface area contributed by atoms with Crippen LogP contribution >= 0.6 is 11.5 Å². The molecule has 0 saturated carbocycles. The number of piperidine rings is 1. The van der Waals surface area contributed by atoms with Crippen molar-refractivity contribution >= 4 is 27.4 Å². The smallest absolute Gasteiger partial charge is 0.117 e. The highest BCUT2D eigenvalue weighted by Crippen LogP contribution is 2.30. The van der Waals surface area contributed by atoms with Crippen LogP contribution in [0.3, 0.4) is 0 Å². The van der Waals surface area contributed by atoms with Gasteiger partial charge in [-0.15, -0.1) is 0 Å². The molecule has 1 aliphatic rings. The lowest BCUT2D eigenvalue weighted by atomic mass is 9.83. The van der Waals surface area contributed by atoms with Crippen molar-refractivity contribution in [1.29, 1.82) is 0 Å². The maximum atomic E-state index is 4.47. The van der Waals surface area contributed by atoms with E-state index in [1.54, 1.807) is 11.5 Å². The fraction of sp³-hybridized carbons (Fsp3) is 0.500. The number of anilines is 1. The highest BCUT2D eigenvalue weighted by Gasteiger charge is 2.26. The summed E-state index contributed by atoms with van der Waals surface area (Å²) in [4.78, 5) is 0. The third-order valence-electron chi connectivity index (χ3n) is 3.75. The number of hydrogen-bond acceptors (Lipinski definition) is 4. The Morgan fingerprint density at radius 3 is 3.17 bits per heavy atom. The van der Waals surface area contributed by atoms with E-state index in [9.17, 15) is 0 Å². The summed E-state index contributed by atoms with van der Waals surface area (Å²) in [5, 5.41) is 9.54. The molecule has 0 aliphatic carbocycles. The van der Waals surface area contributed by atoms with Crippen molar-refractivity contribution in [1.82, 2.24) is 9.69 Å². The fourth-order valence-corrected chi connectivity index (χ4v) is 3.34. The van der Waals surface area contributed by atoms with E-state index in [0.717, 1.165) is 18.6 Å². The maximum absolute atomic E-state index is 4.47. The predicted octanol–water partition coefficient (Wildman–Crippen LogP) is 3.10. The van der Waals surface area contributed by atoms with E-state index in [1.807, 2.05) is 6.07 Å². The van der Waals surface area contributed by atoms with Crippen molar-refractivity contribution in [2.24, 2.45) is 5.41 Å². The minimum atomic E-state index is 0.364. The van der Waals surface area contributed by atoms with Gasteiger partial charge in [-0.2, -0.15) is 4.37 Å². The molecule has 1 unspecified atom stereocenters. The number of fused-ring (bicyclic) bond motifs is 1. The van der Waals surface area contributed by atoms with Gasteiger partial charge < -0.3 is 10.6 Å². The molecule has 4 heteroatoms. The Balaban J connectivity index is 1.73. The number of rotatable bonds is 3. The predicted molar refractivity (Wildman–Crippen MR) is 78.3 cm³/mol. The Bertz CT molecular complexity index is 529. The van der Waals surface area contributed by atoms with Crippen LogP contribution in [0.15, 0.2) is 24.3 Å². The van der Waals surface area contributed by atoms with Crippen molar-refractivity contribution in [2.75, 3.05) is 25.0 Å². The number of nitrogens with zero attached hydrogens (tertiary/aromatic N) is 1. The van der Waals surface area contributed by atoms with Crippen molar-refractivity contribution in [2.45, 2.75) is 19.8 Å². The Labute approximate surface area is 112 Å². The molecule has 0 bridgehead atoms. The zero-order valence-electron chi connectivity index (χ0n) is 10.7. The van der Waals surface area contributed by atoms with Crippen LogP contribution in [0.2, 0.25) is 0 Å². The van der Waals surface area contributed by atoms with Crippen LogP contribution in [-0.2, 0) is 0 Å². The zero-order valence-corrected chi connectivity index (χ0v) is 11.5. The molecule has 1 aliphatic heterocycles. The van der Waals surface area contributed by atoms with E-state index in [4.69, 9.17) is 0 Å². The van der Waals surface area contributed by atoms with Crippen LogP contribution in [0.4, 0.5) is 5.00 Å². The number of hydrogen-bond donors (Lipinski definition) is 2. The van der Waals surface area contributed by atoms with Gasteiger partial charge in [0.15, 0.2) is 0 Å². The van der Waals surface area contributed by atoms with Gasteiger partial charge in [0.2, 0.25) is 0 Å². The quantitative estimate of drug-likeness (QED) is 0.891. The molecule has 18 heavy (non-hydrogen) atoms. The van der Waals surface area contributed by atoms with Crippen LogP contribution in [0.25, 0.3) is 10.9 Å². The molecule has 2 heterocycles. The van der Waals surface area contributed by atoms with E-state index in [1.165, 1.54) is 29.8 Å². The lowest BCUT2D eigenvalue weighted by Crippen LogP contribution is -2.42. The molecule has 1 aromatic heterocycles. The summed E-state index contributed by atoms with van der Waals surface area (Å²) < 4.78 is 4.47. The van der Waals surface area contributed by atoms with Crippen LogP contribution < -0.4 is 10.6 Å².